The number of aromatic nitrogens is 1. The Balaban J connectivity index is 1.59. The number of hydrogen-bond donors (Lipinski definition) is 1. The summed E-state index contributed by atoms with van der Waals surface area (Å²) in [6, 6.07) is 8.58. The molecule has 4 heteroatoms. The maximum absolute atomic E-state index is 5.87. The van der Waals surface area contributed by atoms with Crippen LogP contribution in [0, 0.1) is 6.92 Å². The molecule has 0 saturated heterocycles. The molecule has 0 amide bonds. The van der Waals surface area contributed by atoms with Gasteiger partial charge in [-0.05, 0) is 24.5 Å². The molecular weight excluding hydrogens is 256 g/mol. The van der Waals surface area contributed by atoms with Crippen LogP contribution >= 0.6 is 11.3 Å². The van der Waals surface area contributed by atoms with Crippen molar-refractivity contribution in [2.45, 2.75) is 26.0 Å². The van der Waals surface area contributed by atoms with E-state index >= 15 is 0 Å². The maximum atomic E-state index is 5.87. The van der Waals surface area contributed by atoms with E-state index in [-0.39, 0.29) is 6.10 Å². The average Bonchev–Trinajstić information content (AvgIpc) is 2.85. The lowest BCUT2D eigenvalue weighted by Gasteiger charge is -2.26. The second-order valence-electron chi connectivity index (χ2n) is 4.78. The van der Waals surface area contributed by atoms with Crippen LogP contribution in [0.2, 0.25) is 0 Å². The normalized spacial score (nSPS) is 18.3. The van der Waals surface area contributed by atoms with Gasteiger partial charge < -0.3 is 10.1 Å². The van der Waals surface area contributed by atoms with E-state index in [4.69, 9.17) is 4.74 Å². The van der Waals surface area contributed by atoms with Crippen LogP contribution in [0.4, 0.5) is 0 Å². The number of aryl methyl sites for hydroxylation is 1. The van der Waals surface area contributed by atoms with Crippen molar-refractivity contribution in [2.75, 3.05) is 13.2 Å². The van der Waals surface area contributed by atoms with E-state index in [0.717, 1.165) is 31.1 Å². The van der Waals surface area contributed by atoms with Gasteiger partial charge in [0.25, 0.3) is 0 Å². The zero-order chi connectivity index (χ0) is 13.1. The molecule has 0 radical (unpaired) electrons. The third-order valence-electron chi connectivity index (χ3n) is 3.39. The van der Waals surface area contributed by atoms with Gasteiger partial charge in [0, 0.05) is 24.2 Å². The van der Waals surface area contributed by atoms with Gasteiger partial charge in [0.1, 0.15) is 0 Å². The molecule has 100 valence electrons. The number of benzene rings is 1. The second kappa shape index (κ2) is 5.82. The second-order valence-corrected chi connectivity index (χ2v) is 6.10. The number of fused-ring (bicyclic) bond motifs is 1. The fourth-order valence-electron chi connectivity index (χ4n) is 2.46. The zero-order valence-electron chi connectivity index (χ0n) is 11.1. The molecule has 1 aliphatic rings. The van der Waals surface area contributed by atoms with Gasteiger partial charge in [0.15, 0.2) is 0 Å². The van der Waals surface area contributed by atoms with Crippen LogP contribution in [-0.2, 0) is 17.7 Å². The van der Waals surface area contributed by atoms with E-state index in [2.05, 4.69) is 34.6 Å². The lowest BCUT2D eigenvalue weighted by atomic mass is 9.97. The third-order valence-corrected chi connectivity index (χ3v) is 4.30. The molecule has 3 rings (SSSR count). The number of nitrogens with one attached hydrogen (secondary N) is 1. The number of nitrogens with zero attached hydrogens (tertiary/aromatic N) is 1. The first-order valence-electron chi connectivity index (χ1n) is 6.64. The van der Waals surface area contributed by atoms with Gasteiger partial charge in [0.05, 0.1) is 17.7 Å². The predicted octanol–water partition coefficient (Wildman–Crippen LogP) is 2.86. The molecule has 3 nitrogen and oxygen atoms in total. The fourth-order valence-corrected chi connectivity index (χ4v) is 3.22. The Bertz CT molecular complexity index is 553. The largest absolute Gasteiger partial charge is 0.372 e. The highest BCUT2D eigenvalue weighted by atomic mass is 32.1. The summed E-state index contributed by atoms with van der Waals surface area (Å²) < 4.78 is 5.87. The van der Waals surface area contributed by atoms with Crippen LogP contribution in [0.25, 0.3) is 0 Å². The standard InChI is InChI=1S/C15H18N2OS/c1-11-17-9-13(19-11)8-16-10-15-14-5-3-2-4-12(14)6-7-18-15/h2-5,9,15-16H,6-8,10H2,1H3. The first-order valence-corrected chi connectivity index (χ1v) is 7.46. The molecule has 1 N–H and O–H groups in total. The molecule has 1 aliphatic heterocycles. The van der Waals surface area contributed by atoms with Crippen LogP contribution in [0.1, 0.15) is 27.1 Å². The first-order chi connectivity index (χ1) is 9.33. The van der Waals surface area contributed by atoms with E-state index in [9.17, 15) is 0 Å². The molecule has 19 heavy (non-hydrogen) atoms. The Labute approximate surface area is 117 Å². The molecule has 1 unspecified atom stereocenters. The Morgan fingerprint density at radius 2 is 2.32 bits per heavy atom. The molecule has 2 aromatic rings. The Morgan fingerprint density at radius 3 is 3.16 bits per heavy atom. The van der Waals surface area contributed by atoms with Crippen LogP contribution in [0.3, 0.4) is 0 Å². The lowest BCUT2D eigenvalue weighted by Crippen LogP contribution is -2.27. The van der Waals surface area contributed by atoms with Crippen molar-refractivity contribution in [2.24, 2.45) is 0 Å². The highest BCUT2D eigenvalue weighted by molar-refractivity contribution is 7.11. The van der Waals surface area contributed by atoms with Crippen molar-refractivity contribution in [3.8, 4) is 0 Å². The minimum atomic E-state index is 0.180. The van der Waals surface area contributed by atoms with Crippen LogP contribution in [-0.4, -0.2) is 18.1 Å². The third kappa shape index (κ3) is 3.03. The van der Waals surface area contributed by atoms with Gasteiger partial charge in [-0.1, -0.05) is 24.3 Å². The summed E-state index contributed by atoms with van der Waals surface area (Å²) in [5.74, 6) is 0. The van der Waals surface area contributed by atoms with Gasteiger partial charge in [-0.15, -0.1) is 11.3 Å². The van der Waals surface area contributed by atoms with Crippen molar-refractivity contribution in [1.82, 2.24) is 10.3 Å². The molecule has 0 bridgehead atoms. The Hall–Kier alpha value is -1.23. The summed E-state index contributed by atoms with van der Waals surface area (Å²) >= 11 is 1.75. The zero-order valence-corrected chi connectivity index (χ0v) is 11.9. The van der Waals surface area contributed by atoms with Gasteiger partial charge in [-0.2, -0.15) is 0 Å². The van der Waals surface area contributed by atoms with E-state index in [1.165, 1.54) is 16.0 Å². The lowest BCUT2D eigenvalue weighted by molar-refractivity contribution is 0.0424. The van der Waals surface area contributed by atoms with Gasteiger partial charge in [0.2, 0.25) is 0 Å². The van der Waals surface area contributed by atoms with E-state index in [1.54, 1.807) is 11.3 Å². The highest BCUT2D eigenvalue weighted by Gasteiger charge is 2.19. The molecule has 1 aromatic heterocycles. The molecule has 0 saturated carbocycles. The average molecular weight is 274 g/mol. The smallest absolute Gasteiger partial charge is 0.0952 e. The Morgan fingerprint density at radius 1 is 1.42 bits per heavy atom. The van der Waals surface area contributed by atoms with Gasteiger partial charge in [-0.3, -0.25) is 0 Å². The Kier molecular flexibility index (Phi) is 3.92. The predicted molar refractivity (Wildman–Crippen MR) is 77.4 cm³/mol. The summed E-state index contributed by atoms with van der Waals surface area (Å²) in [6.45, 7) is 4.58. The molecule has 0 aliphatic carbocycles. The van der Waals surface area contributed by atoms with Crippen molar-refractivity contribution in [3.05, 3.63) is 51.5 Å². The van der Waals surface area contributed by atoms with Crippen LogP contribution in [0.15, 0.2) is 30.5 Å². The molecule has 0 spiro atoms. The van der Waals surface area contributed by atoms with Crippen molar-refractivity contribution in [1.29, 1.82) is 0 Å². The number of rotatable bonds is 4. The summed E-state index contributed by atoms with van der Waals surface area (Å²) in [6.07, 6.45) is 3.16. The van der Waals surface area contributed by atoms with Crippen LogP contribution < -0.4 is 5.32 Å². The van der Waals surface area contributed by atoms with Crippen molar-refractivity contribution in [3.63, 3.8) is 0 Å². The summed E-state index contributed by atoms with van der Waals surface area (Å²) in [4.78, 5) is 5.54. The van der Waals surface area contributed by atoms with Crippen LogP contribution in [0.5, 0.6) is 0 Å². The SMILES string of the molecule is Cc1ncc(CNCC2OCCc3ccccc32)s1. The topological polar surface area (TPSA) is 34.2 Å². The molecule has 0 fully saturated rings. The molecule has 2 heterocycles. The molecule has 1 atom stereocenters. The van der Waals surface area contributed by atoms with E-state index in [0.29, 0.717) is 0 Å². The highest BCUT2D eigenvalue weighted by Crippen LogP contribution is 2.26. The number of thiazole rings is 1. The monoisotopic (exact) mass is 274 g/mol. The summed E-state index contributed by atoms with van der Waals surface area (Å²) in [7, 11) is 0. The van der Waals surface area contributed by atoms with Gasteiger partial charge in [-0.25, -0.2) is 4.98 Å². The molecule has 1 aromatic carbocycles. The summed E-state index contributed by atoms with van der Waals surface area (Å²) in [5, 5.41) is 4.59. The number of ether oxygens (including phenoxy) is 1. The maximum Gasteiger partial charge on any atom is 0.0952 e. The minimum absolute atomic E-state index is 0.180. The first kappa shape index (κ1) is 12.8. The van der Waals surface area contributed by atoms with E-state index in [1.807, 2.05) is 13.1 Å². The minimum Gasteiger partial charge on any atom is -0.372 e. The van der Waals surface area contributed by atoms with Crippen molar-refractivity contribution >= 4 is 11.3 Å². The number of hydrogen-bond acceptors (Lipinski definition) is 4. The fraction of sp³-hybridized carbons (Fsp3) is 0.400. The quantitative estimate of drug-likeness (QED) is 0.931. The van der Waals surface area contributed by atoms with Gasteiger partial charge >= 0.3 is 0 Å². The molecular formula is C15H18N2OS. The van der Waals surface area contributed by atoms with E-state index < -0.39 is 0 Å². The van der Waals surface area contributed by atoms with Crippen molar-refractivity contribution < 1.29 is 4.74 Å². The summed E-state index contributed by atoms with van der Waals surface area (Å²) in [5.41, 5.74) is 2.76.